The zero-order valence-corrected chi connectivity index (χ0v) is 17.2. The third kappa shape index (κ3) is 4.85. The molecule has 0 aliphatic carbocycles. The molecule has 0 N–H and O–H groups in total. The van der Waals surface area contributed by atoms with E-state index < -0.39 is 0 Å². The minimum atomic E-state index is 0.852. The largest absolute Gasteiger partial charge is 0.299 e. The quantitative estimate of drug-likeness (QED) is 0.511. The molecule has 3 aromatic rings. The van der Waals surface area contributed by atoms with Crippen LogP contribution in [0.3, 0.4) is 0 Å². The van der Waals surface area contributed by atoms with Gasteiger partial charge < -0.3 is 0 Å². The van der Waals surface area contributed by atoms with Crippen molar-refractivity contribution in [3.05, 3.63) is 71.5 Å². The molecule has 0 aliphatic heterocycles. The van der Waals surface area contributed by atoms with E-state index in [1.54, 1.807) is 0 Å². The SMILES string of the molecule is CC(C)C(C)C.Cc1cc(C)c(-n2ccnc2-c2ccccc2)c(C)c1. The highest BCUT2D eigenvalue weighted by atomic mass is 15.1. The first-order chi connectivity index (χ1) is 12.3. The van der Waals surface area contributed by atoms with Gasteiger partial charge >= 0.3 is 0 Å². The molecular formula is C24H32N2. The molecule has 0 saturated carbocycles. The summed E-state index contributed by atoms with van der Waals surface area (Å²) in [5.74, 6) is 2.69. The van der Waals surface area contributed by atoms with Crippen LogP contribution in [0.1, 0.15) is 44.4 Å². The molecule has 3 rings (SSSR count). The molecule has 0 fully saturated rings. The lowest BCUT2D eigenvalue weighted by Gasteiger charge is -2.15. The fraction of sp³-hybridized carbons (Fsp3) is 0.375. The fourth-order valence-corrected chi connectivity index (χ4v) is 2.84. The molecule has 0 aliphatic rings. The number of benzene rings is 2. The molecule has 0 radical (unpaired) electrons. The fourth-order valence-electron chi connectivity index (χ4n) is 2.84. The maximum atomic E-state index is 4.53. The maximum absolute atomic E-state index is 4.53. The zero-order valence-electron chi connectivity index (χ0n) is 17.2. The third-order valence-electron chi connectivity index (χ3n) is 4.88. The Labute approximate surface area is 158 Å². The highest BCUT2D eigenvalue weighted by molar-refractivity contribution is 5.61. The molecule has 2 nitrogen and oxygen atoms in total. The lowest BCUT2D eigenvalue weighted by atomic mass is 10.0. The van der Waals surface area contributed by atoms with Crippen molar-refractivity contribution in [1.29, 1.82) is 0 Å². The molecule has 0 amide bonds. The van der Waals surface area contributed by atoms with Gasteiger partial charge in [0.1, 0.15) is 5.82 Å². The average molecular weight is 349 g/mol. The van der Waals surface area contributed by atoms with Crippen LogP contribution in [0.2, 0.25) is 0 Å². The van der Waals surface area contributed by atoms with Crippen molar-refractivity contribution >= 4 is 0 Å². The minimum absolute atomic E-state index is 0.852. The highest BCUT2D eigenvalue weighted by Crippen LogP contribution is 2.26. The van der Waals surface area contributed by atoms with Crippen molar-refractivity contribution in [3.8, 4) is 17.1 Å². The van der Waals surface area contributed by atoms with Crippen LogP contribution in [0.5, 0.6) is 0 Å². The van der Waals surface area contributed by atoms with Gasteiger partial charge in [-0.05, 0) is 43.7 Å². The number of nitrogens with zero attached hydrogens (tertiary/aromatic N) is 2. The van der Waals surface area contributed by atoms with Gasteiger partial charge in [-0.3, -0.25) is 4.57 Å². The number of aryl methyl sites for hydroxylation is 3. The van der Waals surface area contributed by atoms with Crippen molar-refractivity contribution < 1.29 is 0 Å². The molecule has 0 spiro atoms. The molecule has 0 bridgehead atoms. The van der Waals surface area contributed by atoms with Crippen LogP contribution < -0.4 is 0 Å². The van der Waals surface area contributed by atoms with Gasteiger partial charge in [0.2, 0.25) is 0 Å². The summed E-state index contributed by atoms with van der Waals surface area (Å²) in [5.41, 5.74) is 6.21. The molecule has 26 heavy (non-hydrogen) atoms. The summed E-state index contributed by atoms with van der Waals surface area (Å²) in [6, 6.07) is 14.7. The smallest absolute Gasteiger partial charge is 0.144 e. The second-order valence-corrected chi connectivity index (χ2v) is 7.72. The first-order valence-corrected chi connectivity index (χ1v) is 9.48. The van der Waals surface area contributed by atoms with Crippen LogP contribution in [0, 0.1) is 32.6 Å². The maximum Gasteiger partial charge on any atom is 0.144 e. The number of hydrogen-bond donors (Lipinski definition) is 0. The van der Waals surface area contributed by atoms with Crippen molar-refractivity contribution in [2.24, 2.45) is 11.8 Å². The van der Waals surface area contributed by atoms with Crippen molar-refractivity contribution in [2.45, 2.75) is 48.5 Å². The van der Waals surface area contributed by atoms with Crippen molar-refractivity contribution in [1.82, 2.24) is 9.55 Å². The van der Waals surface area contributed by atoms with E-state index in [1.165, 1.54) is 22.4 Å². The molecule has 0 atom stereocenters. The number of aromatic nitrogens is 2. The Hall–Kier alpha value is -2.35. The van der Waals surface area contributed by atoms with E-state index in [-0.39, 0.29) is 0 Å². The van der Waals surface area contributed by atoms with Crippen LogP contribution in [0.15, 0.2) is 54.9 Å². The van der Waals surface area contributed by atoms with Crippen LogP contribution in [-0.4, -0.2) is 9.55 Å². The summed E-state index contributed by atoms with van der Waals surface area (Å²) < 4.78 is 2.18. The van der Waals surface area contributed by atoms with Crippen LogP contribution in [0.25, 0.3) is 17.1 Å². The van der Waals surface area contributed by atoms with Gasteiger partial charge in [0, 0.05) is 18.0 Å². The Bertz CT molecular complexity index is 797. The van der Waals surface area contributed by atoms with Gasteiger partial charge in [-0.2, -0.15) is 0 Å². The van der Waals surface area contributed by atoms with Gasteiger partial charge in [0.25, 0.3) is 0 Å². The molecule has 138 valence electrons. The Kier molecular flexibility index (Phi) is 6.79. The van der Waals surface area contributed by atoms with Crippen LogP contribution >= 0.6 is 0 Å². The van der Waals surface area contributed by atoms with Gasteiger partial charge in [0.05, 0.1) is 5.69 Å². The topological polar surface area (TPSA) is 17.8 Å². The van der Waals surface area contributed by atoms with E-state index >= 15 is 0 Å². The van der Waals surface area contributed by atoms with E-state index in [9.17, 15) is 0 Å². The van der Waals surface area contributed by atoms with Crippen molar-refractivity contribution in [2.75, 3.05) is 0 Å². The van der Waals surface area contributed by atoms with E-state index in [0.29, 0.717) is 0 Å². The molecule has 0 unspecified atom stereocenters. The predicted molar refractivity (Wildman–Crippen MR) is 113 cm³/mol. The Morgan fingerprint density at radius 1 is 0.808 bits per heavy atom. The molecular weight excluding hydrogens is 316 g/mol. The predicted octanol–water partition coefficient (Wildman–Crippen LogP) is 6.76. The van der Waals surface area contributed by atoms with E-state index in [0.717, 1.165) is 23.2 Å². The van der Waals surface area contributed by atoms with Gasteiger partial charge in [-0.1, -0.05) is 75.7 Å². The Morgan fingerprint density at radius 2 is 1.35 bits per heavy atom. The lowest BCUT2D eigenvalue weighted by molar-refractivity contribution is 0.457. The summed E-state index contributed by atoms with van der Waals surface area (Å²) in [5, 5.41) is 0. The highest BCUT2D eigenvalue weighted by Gasteiger charge is 2.11. The second kappa shape index (κ2) is 8.84. The first-order valence-electron chi connectivity index (χ1n) is 9.48. The summed E-state index contributed by atoms with van der Waals surface area (Å²) in [6.07, 6.45) is 3.90. The standard InChI is InChI=1S/C18H18N2.C6H14/c1-13-11-14(2)17(15(3)12-13)20-10-9-19-18(20)16-7-5-4-6-8-16;1-5(2)6(3)4/h4-12H,1-3H3;5-6H,1-4H3. The van der Waals surface area contributed by atoms with Gasteiger partial charge in [0.15, 0.2) is 0 Å². The molecule has 0 saturated heterocycles. The van der Waals surface area contributed by atoms with Crippen molar-refractivity contribution in [3.63, 3.8) is 0 Å². The van der Waals surface area contributed by atoms with Crippen LogP contribution in [-0.2, 0) is 0 Å². The monoisotopic (exact) mass is 348 g/mol. The molecule has 1 aromatic heterocycles. The van der Waals surface area contributed by atoms with Crippen LogP contribution in [0.4, 0.5) is 0 Å². The summed E-state index contributed by atoms with van der Waals surface area (Å²) in [4.78, 5) is 4.53. The summed E-state index contributed by atoms with van der Waals surface area (Å²) in [6.45, 7) is 15.4. The Balaban J connectivity index is 0.000000352. The molecule has 2 aromatic carbocycles. The third-order valence-corrected chi connectivity index (χ3v) is 4.88. The van der Waals surface area contributed by atoms with Gasteiger partial charge in [-0.15, -0.1) is 0 Å². The number of hydrogen-bond acceptors (Lipinski definition) is 1. The summed E-state index contributed by atoms with van der Waals surface area (Å²) >= 11 is 0. The number of rotatable bonds is 3. The number of imidazole rings is 1. The lowest BCUT2D eigenvalue weighted by Crippen LogP contribution is -2.02. The first kappa shape index (κ1) is 20.0. The normalized spacial score (nSPS) is 10.8. The van der Waals surface area contributed by atoms with Gasteiger partial charge in [-0.25, -0.2) is 4.98 Å². The summed E-state index contributed by atoms with van der Waals surface area (Å²) in [7, 11) is 0. The average Bonchev–Trinajstić information content (AvgIpc) is 3.04. The van der Waals surface area contributed by atoms with E-state index in [4.69, 9.17) is 0 Å². The van der Waals surface area contributed by atoms with E-state index in [1.807, 2.05) is 30.6 Å². The minimum Gasteiger partial charge on any atom is -0.299 e. The molecule has 2 heteroatoms. The Morgan fingerprint density at radius 3 is 1.85 bits per heavy atom. The second-order valence-electron chi connectivity index (χ2n) is 7.72. The van der Waals surface area contributed by atoms with E-state index in [2.05, 4.69) is 82.3 Å². The zero-order chi connectivity index (χ0) is 19.3. The molecule has 1 heterocycles.